The van der Waals surface area contributed by atoms with Gasteiger partial charge in [-0.15, -0.1) is 0 Å². The van der Waals surface area contributed by atoms with Crippen molar-refractivity contribution >= 4 is 54.5 Å². The number of aromatic nitrogens is 2. The van der Waals surface area contributed by atoms with Crippen molar-refractivity contribution in [3.8, 4) is 28.2 Å². The van der Waals surface area contributed by atoms with E-state index < -0.39 is 91.2 Å². The summed E-state index contributed by atoms with van der Waals surface area (Å²) < 4.78 is 181. The largest absolute Gasteiger partial charge is 0.455 e. The van der Waals surface area contributed by atoms with Crippen LogP contribution in [-0.4, -0.2) is 9.55 Å². The molecule has 1 aliphatic rings. The molecule has 0 radical (unpaired) electrons. The molecule has 2 heterocycles. The van der Waals surface area contributed by atoms with Crippen molar-refractivity contribution in [3.05, 3.63) is 144 Å². The molecule has 3 nitrogen and oxygen atoms in total. The Balaban J connectivity index is 1.38. The number of hydrogen-bond donors (Lipinski definition) is 0. The van der Waals surface area contributed by atoms with Crippen LogP contribution in [0.5, 0.6) is 0 Å². The third-order valence-corrected chi connectivity index (χ3v) is 10.5. The van der Waals surface area contributed by atoms with Crippen molar-refractivity contribution in [2.45, 2.75) is 77.2 Å². The summed E-state index contributed by atoms with van der Waals surface area (Å²) in [6.45, 7) is -11.1. The lowest BCUT2D eigenvalue weighted by atomic mass is 9.63. The van der Waals surface area contributed by atoms with Gasteiger partial charge in [0.25, 0.3) is 0 Å². The molecule has 0 spiro atoms. The number of furan rings is 1. The Hall–Kier alpha value is -5.67. The highest BCUT2D eigenvalue weighted by Crippen LogP contribution is 2.49. The Morgan fingerprint density at radius 1 is 0.704 bits per heavy atom. The molecule has 0 amide bonds. The maximum Gasteiger partial charge on any atom is 0.149 e. The van der Waals surface area contributed by atoms with E-state index in [-0.39, 0.29) is 17.1 Å². The second-order valence-electron chi connectivity index (χ2n) is 15.1. The monoisotopic (exact) mass is 721 g/mol. The zero-order valence-corrected chi connectivity index (χ0v) is 29.7. The highest BCUT2D eigenvalue weighted by molar-refractivity contribution is 6.17. The van der Waals surface area contributed by atoms with Crippen molar-refractivity contribution < 1.29 is 30.5 Å². The van der Waals surface area contributed by atoms with E-state index in [1.165, 1.54) is 6.07 Å². The van der Waals surface area contributed by atoms with Gasteiger partial charge in [-0.05, 0) is 103 Å². The van der Waals surface area contributed by atoms with Crippen LogP contribution in [0, 0.1) is 0 Å². The lowest BCUT2D eigenvalue weighted by Gasteiger charge is -2.42. The average Bonchev–Trinajstić information content (AvgIpc) is 3.84. The van der Waals surface area contributed by atoms with Gasteiger partial charge in [0.2, 0.25) is 0 Å². The van der Waals surface area contributed by atoms with Crippen molar-refractivity contribution in [3.63, 3.8) is 0 Å². The van der Waals surface area contributed by atoms with E-state index in [2.05, 4.69) is 12.1 Å². The summed E-state index contributed by atoms with van der Waals surface area (Å²) in [5.74, 6) is 0.272. The summed E-state index contributed by atoms with van der Waals surface area (Å²) in [6, 6.07) is 29.8. The minimum Gasteiger partial charge on any atom is -0.455 e. The standard InChI is InChI=1S/C51H46N2O/c1-49(2,3)41-19-13-16-35(33-24-25-40-42(29-33)51(6,7)27-26-50(40,4)5)46(41)53-44-21-11-10-20-43(44)52-48(53)37-18-12-17-36-39-28-32-23-22-31-14-8-9-15-34(31)38(32)30-45(39)54-47(36)37/h8-25,28-30H,26-27H2,1-7H3/i4D3,5D3,6D3,7D3,24D,25D,26D2,27D2,29D. The molecule has 0 unspecified atom stereocenters. The predicted octanol–water partition coefficient (Wildman–Crippen LogP) is 14.2. The SMILES string of the molecule is [2H]c1c([2H])c2c(c([2H])c1-c1cccc(C(C)(C)C)c1-n1c(-c3cccc4c3oc3cc5c(ccc6ccccc65)cc34)nc3ccccc31)C(C([2H])([2H])[2H])(C([2H])([2H])[2H])C([2H])([2H])C([2H])([2H])C2(C([2H])([2H])[2H])C([2H])([2H])[2H]. The van der Waals surface area contributed by atoms with Gasteiger partial charge >= 0.3 is 0 Å². The molecular formula is C51H46N2O. The van der Waals surface area contributed by atoms with Crippen LogP contribution < -0.4 is 0 Å². The fraction of sp³-hybridized carbons (Fsp3) is 0.235. The van der Waals surface area contributed by atoms with Crippen molar-refractivity contribution in [2.75, 3.05) is 0 Å². The third kappa shape index (κ3) is 4.90. The van der Waals surface area contributed by atoms with E-state index in [1.807, 2.05) is 75.4 Å². The van der Waals surface area contributed by atoms with E-state index in [0.29, 0.717) is 33.3 Å². The molecule has 3 heteroatoms. The lowest BCUT2D eigenvalue weighted by Crippen LogP contribution is -2.33. The Labute approximate surface area is 344 Å². The first-order valence-electron chi connectivity index (χ1n) is 27.2. The summed E-state index contributed by atoms with van der Waals surface area (Å²) in [4.78, 5) is 5.17. The Morgan fingerprint density at radius 2 is 1.43 bits per heavy atom. The molecule has 0 atom stereocenters. The maximum absolute atomic E-state index is 10.1. The normalized spacial score (nSPS) is 23.4. The zero-order chi connectivity index (χ0) is 53.3. The van der Waals surface area contributed by atoms with Gasteiger partial charge in [-0.3, -0.25) is 4.57 Å². The molecule has 0 aliphatic heterocycles. The molecular weight excluding hydrogens is 657 g/mol. The molecule has 1 aliphatic carbocycles. The molecule has 54 heavy (non-hydrogen) atoms. The van der Waals surface area contributed by atoms with Gasteiger partial charge in [0.05, 0.1) is 26.4 Å². The highest BCUT2D eigenvalue weighted by Gasteiger charge is 2.37. The number of nitrogens with zero attached hydrogens (tertiary/aromatic N) is 2. The summed E-state index contributed by atoms with van der Waals surface area (Å²) in [6.07, 6.45) is -8.92. The first-order valence-corrected chi connectivity index (χ1v) is 17.7. The maximum atomic E-state index is 10.1. The van der Waals surface area contributed by atoms with Gasteiger partial charge in [-0.2, -0.15) is 0 Å². The third-order valence-electron chi connectivity index (χ3n) is 10.5. The molecule has 10 rings (SSSR count). The van der Waals surface area contributed by atoms with E-state index in [9.17, 15) is 9.60 Å². The molecule has 2 aromatic heterocycles. The minimum atomic E-state index is -4.47. The Bertz CT molecular complexity index is 3760. The number of para-hydroxylation sites is 4. The zero-order valence-electron chi connectivity index (χ0n) is 48.7. The van der Waals surface area contributed by atoms with Crippen molar-refractivity contribution in [1.82, 2.24) is 9.55 Å². The van der Waals surface area contributed by atoms with Gasteiger partial charge in [-0.1, -0.05) is 145 Å². The quantitative estimate of drug-likeness (QED) is 0.170. The van der Waals surface area contributed by atoms with Crippen LogP contribution in [0.1, 0.15) is 104 Å². The molecule has 9 aromatic rings. The van der Waals surface area contributed by atoms with Gasteiger partial charge in [0.1, 0.15) is 17.0 Å². The number of hydrogen-bond acceptors (Lipinski definition) is 2. The second-order valence-corrected chi connectivity index (χ2v) is 15.1. The van der Waals surface area contributed by atoms with E-state index in [0.717, 1.165) is 32.3 Å². The first kappa shape index (κ1) is 18.6. The van der Waals surface area contributed by atoms with E-state index in [4.69, 9.17) is 25.9 Å². The van der Waals surface area contributed by atoms with E-state index >= 15 is 0 Å². The average molecular weight is 722 g/mol. The van der Waals surface area contributed by atoms with Crippen LogP contribution in [0.3, 0.4) is 0 Å². The van der Waals surface area contributed by atoms with Crippen LogP contribution >= 0.6 is 0 Å². The molecule has 0 N–H and O–H groups in total. The first-order chi connectivity index (χ1) is 33.7. The Morgan fingerprint density at radius 3 is 2.26 bits per heavy atom. The summed E-state index contributed by atoms with van der Waals surface area (Å²) in [7, 11) is 0. The van der Waals surface area contributed by atoms with Crippen LogP contribution in [0.15, 0.2) is 132 Å². The molecule has 266 valence electrons. The smallest absolute Gasteiger partial charge is 0.149 e. The number of fused-ring (bicyclic) bond motifs is 8. The highest BCUT2D eigenvalue weighted by atomic mass is 16.3. The number of imidazole rings is 1. The summed E-state index contributed by atoms with van der Waals surface area (Å²) in [5, 5.41) is 5.59. The second kappa shape index (κ2) is 11.4. The molecule has 0 saturated carbocycles. The fourth-order valence-corrected chi connectivity index (χ4v) is 7.92. The van der Waals surface area contributed by atoms with Gasteiger partial charge in [-0.25, -0.2) is 4.98 Å². The van der Waals surface area contributed by atoms with E-state index in [1.54, 1.807) is 41.0 Å². The Kier molecular flexibility index (Phi) is 3.93. The fourth-order valence-electron chi connectivity index (χ4n) is 7.92. The predicted molar refractivity (Wildman–Crippen MR) is 228 cm³/mol. The van der Waals surface area contributed by atoms with Crippen LogP contribution in [0.4, 0.5) is 0 Å². The van der Waals surface area contributed by atoms with Gasteiger partial charge in [0.15, 0.2) is 0 Å². The molecule has 0 fully saturated rings. The lowest BCUT2D eigenvalue weighted by molar-refractivity contribution is 0.332. The van der Waals surface area contributed by atoms with Gasteiger partial charge in [0, 0.05) is 38.3 Å². The molecule has 0 bridgehead atoms. The minimum absolute atomic E-state index is 0.120. The number of benzene rings is 7. The van der Waals surface area contributed by atoms with Crippen LogP contribution in [0.25, 0.3) is 82.7 Å². The van der Waals surface area contributed by atoms with Crippen LogP contribution in [-0.2, 0) is 16.2 Å². The van der Waals surface area contributed by atoms with Gasteiger partial charge < -0.3 is 4.42 Å². The summed E-state index contributed by atoms with van der Waals surface area (Å²) >= 11 is 0. The molecule has 7 aromatic carbocycles. The van der Waals surface area contributed by atoms with Crippen molar-refractivity contribution in [1.29, 1.82) is 0 Å². The van der Waals surface area contributed by atoms with Crippen molar-refractivity contribution in [2.24, 2.45) is 0 Å². The summed E-state index contributed by atoms with van der Waals surface area (Å²) in [5.41, 5.74) is -10.0. The molecule has 0 saturated heterocycles. The topological polar surface area (TPSA) is 31.0 Å². The van der Waals surface area contributed by atoms with Crippen LogP contribution in [0.2, 0.25) is 0 Å². The number of rotatable bonds is 3.